The van der Waals surface area contributed by atoms with Crippen molar-refractivity contribution in [2.24, 2.45) is 0 Å². The second kappa shape index (κ2) is 11.7. The molecule has 0 saturated heterocycles. The van der Waals surface area contributed by atoms with Crippen LogP contribution in [0.3, 0.4) is 0 Å². The van der Waals surface area contributed by atoms with E-state index < -0.39 is 8.80 Å². The average Bonchev–Trinajstić information content (AvgIpc) is 2.49. The van der Waals surface area contributed by atoms with Crippen molar-refractivity contribution in [3.05, 3.63) is 0 Å². The molecule has 0 spiro atoms. The molecule has 0 aromatic heterocycles. The zero-order valence-corrected chi connectivity index (χ0v) is 19.5. The Labute approximate surface area is 159 Å². The number of unbranched alkanes of at least 4 members (excludes halogenated alkanes) is 1. The molecule has 0 aromatic carbocycles. The van der Waals surface area contributed by atoms with E-state index in [-0.39, 0.29) is 11.1 Å². The minimum Gasteiger partial charge on any atom is -0.374 e. The first-order valence-corrected chi connectivity index (χ1v) is 12.2. The Balaban J connectivity index is 4.99. The number of rotatable bonds is 14. The van der Waals surface area contributed by atoms with Crippen LogP contribution in [-0.2, 0) is 13.3 Å². The number of hydrogen-bond donors (Lipinski definition) is 0. The normalized spacial score (nSPS) is 13.7. The largest absolute Gasteiger partial charge is 0.501 e. The molecule has 4 nitrogen and oxygen atoms in total. The van der Waals surface area contributed by atoms with Crippen molar-refractivity contribution in [1.29, 1.82) is 0 Å². The summed E-state index contributed by atoms with van der Waals surface area (Å²) >= 11 is 0. The van der Waals surface area contributed by atoms with Crippen LogP contribution in [0.4, 0.5) is 0 Å². The molecule has 0 heterocycles. The molecule has 0 atom stereocenters. The number of hydrogen-bond acceptors (Lipinski definition) is 4. The molecule has 0 radical (unpaired) electrons. The summed E-state index contributed by atoms with van der Waals surface area (Å²) in [6.07, 6.45) is 4.48. The van der Waals surface area contributed by atoms with Crippen molar-refractivity contribution < 1.29 is 13.3 Å². The molecule has 0 fully saturated rings. The van der Waals surface area contributed by atoms with Crippen molar-refractivity contribution in [2.45, 2.75) is 105 Å². The third-order valence-corrected chi connectivity index (χ3v) is 7.94. The smallest absolute Gasteiger partial charge is 0.374 e. The highest BCUT2D eigenvalue weighted by atomic mass is 28.4. The maximum atomic E-state index is 6.48. The van der Waals surface area contributed by atoms with Crippen molar-refractivity contribution in [1.82, 2.24) is 4.90 Å². The quantitative estimate of drug-likeness (QED) is 0.375. The average molecular weight is 376 g/mol. The van der Waals surface area contributed by atoms with Gasteiger partial charge in [-0.2, -0.15) is 0 Å². The third-order valence-electron chi connectivity index (χ3n) is 4.65. The van der Waals surface area contributed by atoms with Crippen LogP contribution >= 0.6 is 0 Å². The zero-order chi connectivity index (χ0) is 19.6. The third kappa shape index (κ3) is 10.1. The Morgan fingerprint density at radius 1 is 0.800 bits per heavy atom. The summed E-state index contributed by atoms with van der Waals surface area (Å²) in [5, 5.41) is 0. The van der Waals surface area contributed by atoms with E-state index in [4.69, 9.17) is 13.3 Å². The lowest BCUT2D eigenvalue weighted by Gasteiger charge is -2.39. The van der Waals surface area contributed by atoms with Gasteiger partial charge in [-0.3, -0.25) is 4.90 Å². The lowest BCUT2D eigenvalue weighted by molar-refractivity contribution is -0.0131. The van der Waals surface area contributed by atoms with Gasteiger partial charge in [0.15, 0.2) is 0 Å². The summed E-state index contributed by atoms with van der Waals surface area (Å²) in [6, 6.07) is 0.886. The van der Waals surface area contributed by atoms with E-state index in [0.29, 0.717) is 13.2 Å². The summed E-state index contributed by atoms with van der Waals surface area (Å²) in [6.45, 7) is 23.2. The minimum atomic E-state index is -2.64. The van der Waals surface area contributed by atoms with Crippen LogP contribution < -0.4 is 0 Å². The van der Waals surface area contributed by atoms with Gasteiger partial charge in [0.2, 0.25) is 0 Å². The molecular weight excluding hydrogens is 330 g/mol. The van der Waals surface area contributed by atoms with Gasteiger partial charge in [-0.1, -0.05) is 20.3 Å². The van der Waals surface area contributed by atoms with E-state index in [0.717, 1.165) is 32.0 Å². The standard InChI is InChI=1S/C20H45NO3Si/c1-10-14-16-21(19(5,6)7)17-15-18-25(22-12-3,23-13-4)24-20(8,9)11-2/h10-18H2,1-9H3. The Morgan fingerprint density at radius 3 is 1.72 bits per heavy atom. The molecule has 0 aliphatic carbocycles. The van der Waals surface area contributed by atoms with Crippen molar-refractivity contribution in [3.63, 3.8) is 0 Å². The first-order valence-electron chi connectivity index (χ1n) is 10.3. The molecule has 0 aromatic rings. The van der Waals surface area contributed by atoms with Gasteiger partial charge in [0.1, 0.15) is 0 Å². The minimum absolute atomic E-state index is 0.195. The summed E-state index contributed by atoms with van der Waals surface area (Å²) < 4.78 is 18.7. The molecule has 0 amide bonds. The fourth-order valence-electron chi connectivity index (χ4n) is 2.85. The van der Waals surface area contributed by atoms with Gasteiger partial charge in [0, 0.05) is 24.8 Å². The van der Waals surface area contributed by atoms with E-state index in [1.54, 1.807) is 0 Å². The molecule has 0 rings (SSSR count). The first-order chi connectivity index (χ1) is 11.6. The molecule has 25 heavy (non-hydrogen) atoms. The van der Waals surface area contributed by atoms with E-state index in [1.807, 2.05) is 13.8 Å². The fraction of sp³-hybridized carbons (Fsp3) is 1.00. The highest BCUT2D eigenvalue weighted by Gasteiger charge is 2.44. The highest BCUT2D eigenvalue weighted by molar-refractivity contribution is 6.60. The zero-order valence-electron chi connectivity index (χ0n) is 18.5. The van der Waals surface area contributed by atoms with Gasteiger partial charge in [0.05, 0.1) is 5.60 Å². The molecule has 0 N–H and O–H groups in total. The Kier molecular flexibility index (Phi) is 11.7. The summed E-state index contributed by atoms with van der Waals surface area (Å²) in [4.78, 5) is 2.58. The predicted octanol–water partition coefficient (Wildman–Crippen LogP) is 5.49. The summed E-state index contributed by atoms with van der Waals surface area (Å²) in [5.41, 5.74) is -0.0113. The lowest BCUT2D eigenvalue weighted by Crippen LogP contribution is -2.52. The SMILES string of the molecule is CCCCN(CCC[Si](OCC)(OCC)OC(C)(C)CC)C(C)(C)C. The van der Waals surface area contributed by atoms with Gasteiger partial charge in [-0.15, -0.1) is 0 Å². The van der Waals surface area contributed by atoms with Gasteiger partial charge >= 0.3 is 8.80 Å². The predicted molar refractivity (Wildman–Crippen MR) is 110 cm³/mol. The number of nitrogens with zero attached hydrogens (tertiary/aromatic N) is 1. The molecule has 0 unspecified atom stereocenters. The summed E-state index contributed by atoms with van der Waals surface area (Å²) in [7, 11) is -2.64. The van der Waals surface area contributed by atoms with Gasteiger partial charge in [-0.05, 0) is 80.8 Å². The molecule has 0 bridgehead atoms. The molecule has 5 heteroatoms. The molecular formula is C20H45NO3Si. The highest BCUT2D eigenvalue weighted by Crippen LogP contribution is 2.27. The van der Waals surface area contributed by atoms with Gasteiger partial charge < -0.3 is 13.3 Å². The first kappa shape index (κ1) is 25.1. The van der Waals surface area contributed by atoms with Crippen LogP contribution in [0.1, 0.15) is 88.0 Å². The van der Waals surface area contributed by atoms with Crippen LogP contribution in [0.2, 0.25) is 6.04 Å². The van der Waals surface area contributed by atoms with Crippen LogP contribution in [0.25, 0.3) is 0 Å². The molecule has 0 aliphatic rings. The van der Waals surface area contributed by atoms with Crippen molar-refractivity contribution in [3.8, 4) is 0 Å². The van der Waals surface area contributed by atoms with E-state index in [2.05, 4.69) is 53.4 Å². The van der Waals surface area contributed by atoms with Gasteiger partial charge in [-0.25, -0.2) is 0 Å². The maximum absolute atomic E-state index is 6.48. The van der Waals surface area contributed by atoms with E-state index >= 15 is 0 Å². The van der Waals surface area contributed by atoms with Crippen LogP contribution in [0, 0.1) is 0 Å². The van der Waals surface area contributed by atoms with E-state index in [9.17, 15) is 0 Å². The second-order valence-corrected chi connectivity index (χ2v) is 11.0. The summed E-state index contributed by atoms with van der Waals surface area (Å²) in [5.74, 6) is 0. The van der Waals surface area contributed by atoms with Crippen LogP contribution in [-0.4, -0.2) is 51.1 Å². The van der Waals surface area contributed by atoms with Crippen LogP contribution in [0.5, 0.6) is 0 Å². The van der Waals surface area contributed by atoms with Crippen molar-refractivity contribution >= 4 is 8.80 Å². The monoisotopic (exact) mass is 375 g/mol. The van der Waals surface area contributed by atoms with Gasteiger partial charge in [0.25, 0.3) is 0 Å². The maximum Gasteiger partial charge on any atom is 0.501 e. The van der Waals surface area contributed by atoms with Crippen molar-refractivity contribution in [2.75, 3.05) is 26.3 Å². The lowest BCUT2D eigenvalue weighted by atomic mass is 10.1. The van der Waals surface area contributed by atoms with Crippen LogP contribution in [0.15, 0.2) is 0 Å². The Morgan fingerprint density at radius 2 is 1.32 bits per heavy atom. The fourth-order valence-corrected chi connectivity index (χ4v) is 5.90. The second-order valence-electron chi connectivity index (χ2n) is 8.38. The Hall–Kier alpha value is 0.0569. The topological polar surface area (TPSA) is 30.9 Å². The Bertz CT molecular complexity index is 336. The molecule has 152 valence electrons. The van der Waals surface area contributed by atoms with E-state index in [1.165, 1.54) is 12.8 Å². The molecule has 0 aliphatic heterocycles. The molecule has 0 saturated carbocycles.